The normalized spacial score (nSPS) is 11.1. The van der Waals surface area contributed by atoms with Crippen molar-refractivity contribution in [3.8, 4) is 0 Å². The van der Waals surface area contributed by atoms with Gasteiger partial charge in [0.25, 0.3) is 0 Å². The van der Waals surface area contributed by atoms with Crippen LogP contribution in [0.4, 0.5) is 10.2 Å². The topological polar surface area (TPSA) is 64.7 Å². The molecule has 0 fully saturated rings. The van der Waals surface area contributed by atoms with Gasteiger partial charge in [-0.15, -0.1) is 0 Å². The van der Waals surface area contributed by atoms with E-state index in [1.807, 2.05) is 13.8 Å². The number of aryl methyl sites for hydroxylation is 2. The SMILES string of the molecule is Cc1nn(CCC(=O)Nc2nn(Cc3c(F)cccc3Cl)cc2Cl)c(C)c1Br. The van der Waals surface area contributed by atoms with E-state index in [1.54, 1.807) is 10.7 Å². The van der Waals surface area contributed by atoms with E-state index in [2.05, 4.69) is 31.4 Å². The highest BCUT2D eigenvalue weighted by Crippen LogP contribution is 2.24. The van der Waals surface area contributed by atoms with Crippen molar-refractivity contribution in [1.29, 1.82) is 0 Å². The molecule has 1 amide bonds. The van der Waals surface area contributed by atoms with Crippen molar-refractivity contribution >= 4 is 50.9 Å². The Hall–Kier alpha value is -1.90. The zero-order chi connectivity index (χ0) is 20.4. The molecular formula is C18H17BrCl2FN5O. The molecule has 10 heteroatoms. The summed E-state index contributed by atoms with van der Waals surface area (Å²) in [5, 5.41) is 11.8. The van der Waals surface area contributed by atoms with Crippen LogP contribution in [0.5, 0.6) is 0 Å². The third-order valence-electron chi connectivity index (χ3n) is 4.20. The van der Waals surface area contributed by atoms with Crippen molar-refractivity contribution < 1.29 is 9.18 Å². The van der Waals surface area contributed by atoms with Crippen LogP contribution in [0.3, 0.4) is 0 Å². The molecule has 0 spiro atoms. The molecule has 3 rings (SSSR count). The van der Waals surface area contributed by atoms with Crippen LogP contribution in [0.15, 0.2) is 28.9 Å². The quantitative estimate of drug-likeness (QED) is 0.532. The molecule has 2 heterocycles. The first-order chi connectivity index (χ1) is 13.3. The van der Waals surface area contributed by atoms with Crippen LogP contribution >= 0.6 is 39.1 Å². The van der Waals surface area contributed by atoms with Gasteiger partial charge in [-0.2, -0.15) is 10.2 Å². The fraction of sp³-hybridized carbons (Fsp3) is 0.278. The third kappa shape index (κ3) is 4.56. The van der Waals surface area contributed by atoms with E-state index >= 15 is 0 Å². The summed E-state index contributed by atoms with van der Waals surface area (Å²) >= 11 is 15.7. The molecule has 1 N–H and O–H groups in total. The van der Waals surface area contributed by atoms with Crippen LogP contribution in [-0.4, -0.2) is 25.5 Å². The highest BCUT2D eigenvalue weighted by Gasteiger charge is 2.15. The first kappa shape index (κ1) is 20.8. The summed E-state index contributed by atoms with van der Waals surface area (Å²) in [4.78, 5) is 12.3. The molecule has 0 aliphatic rings. The first-order valence-electron chi connectivity index (χ1n) is 8.41. The lowest BCUT2D eigenvalue weighted by Gasteiger charge is -2.06. The molecule has 148 valence electrons. The molecule has 1 aromatic carbocycles. The van der Waals surface area contributed by atoms with Crippen molar-refractivity contribution in [2.45, 2.75) is 33.4 Å². The van der Waals surface area contributed by atoms with Gasteiger partial charge in [-0.3, -0.25) is 14.2 Å². The Morgan fingerprint density at radius 3 is 2.64 bits per heavy atom. The van der Waals surface area contributed by atoms with Gasteiger partial charge in [-0.1, -0.05) is 29.3 Å². The van der Waals surface area contributed by atoms with Crippen LogP contribution in [0.1, 0.15) is 23.4 Å². The van der Waals surface area contributed by atoms with Gasteiger partial charge in [0.1, 0.15) is 10.8 Å². The monoisotopic (exact) mass is 487 g/mol. The maximum Gasteiger partial charge on any atom is 0.227 e. The number of aromatic nitrogens is 4. The number of nitrogens with one attached hydrogen (secondary N) is 1. The van der Waals surface area contributed by atoms with Crippen LogP contribution in [-0.2, 0) is 17.9 Å². The summed E-state index contributed by atoms with van der Waals surface area (Å²) < 4.78 is 18.1. The minimum atomic E-state index is -0.430. The van der Waals surface area contributed by atoms with Crippen LogP contribution < -0.4 is 5.32 Å². The lowest BCUT2D eigenvalue weighted by molar-refractivity contribution is -0.116. The minimum absolute atomic E-state index is 0.0981. The average Bonchev–Trinajstić information content (AvgIpc) is 3.10. The first-order valence-corrected chi connectivity index (χ1v) is 9.96. The molecule has 0 unspecified atom stereocenters. The van der Waals surface area contributed by atoms with Crippen LogP contribution in [0.25, 0.3) is 0 Å². The Morgan fingerprint density at radius 2 is 2.00 bits per heavy atom. The molecule has 2 aromatic heterocycles. The van der Waals surface area contributed by atoms with Gasteiger partial charge >= 0.3 is 0 Å². The second kappa shape index (κ2) is 8.63. The second-order valence-electron chi connectivity index (χ2n) is 6.23. The third-order valence-corrected chi connectivity index (χ3v) is 5.98. The number of carbonyl (C=O) groups excluding carboxylic acids is 1. The molecule has 6 nitrogen and oxygen atoms in total. The zero-order valence-electron chi connectivity index (χ0n) is 15.1. The molecule has 0 bridgehead atoms. The van der Waals surface area contributed by atoms with E-state index in [1.165, 1.54) is 23.0 Å². The predicted molar refractivity (Wildman–Crippen MR) is 110 cm³/mol. The number of anilines is 1. The Bertz CT molecular complexity index is 1010. The molecule has 0 atom stereocenters. The summed E-state index contributed by atoms with van der Waals surface area (Å²) in [6.45, 7) is 4.34. The number of amides is 1. The lowest BCUT2D eigenvalue weighted by atomic mass is 10.2. The van der Waals surface area contributed by atoms with Gasteiger partial charge in [0.05, 0.1) is 23.3 Å². The summed E-state index contributed by atoms with van der Waals surface area (Å²) in [7, 11) is 0. The number of hydrogen-bond acceptors (Lipinski definition) is 3. The summed E-state index contributed by atoms with van der Waals surface area (Å²) in [6.07, 6.45) is 1.72. The van der Waals surface area contributed by atoms with E-state index in [-0.39, 0.29) is 29.7 Å². The van der Waals surface area contributed by atoms with E-state index in [0.29, 0.717) is 17.1 Å². The minimum Gasteiger partial charge on any atom is -0.308 e. The standard InChI is InChI=1S/C18H17BrCl2FN5O/c1-10-17(19)11(2)27(24-10)7-6-16(28)23-18-14(21)9-26(25-18)8-12-13(20)4-3-5-15(12)22/h3-5,9H,6-8H2,1-2H3,(H,23,25,28). The van der Waals surface area contributed by atoms with Crippen LogP contribution in [0.2, 0.25) is 10.0 Å². The molecule has 0 radical (unpaired) electrons. The van der Waals surface area contributed by atoms with Gasteiger partial charge < -0.3 is 5.32 Å². The van der Waals surface area contributed by atoms with Crippen molar-refractivity contribution in [3.05, 3.63) is 61.7 Å². The van der Waals surface area contributed by atoms with Crippen LogP contribution in [0, 0.1) is 19.7 Å². The summed E-state index contributed by atoms with van der Waals surface area (Å²) in [5.74, 6) is -0.464. The largest absolute Gasteiger partial charge is 0.308 e. The maximum absolute atomic E-state index is 13.9. The predicted octanol–water partition coefficient (Wildman–Crippen LogP) is 4.98. The maximum atomic E-state index is 13.9. The average molecular weight is 489 g/mol. The highest BCUT2D eigenvalue weighted by molar-refractivity contribution is 9.10. The number of rotatable bonds is 6. The number of carbonyl (C=O) groups is 1. The van der Waals surface area contributed by atoms with Crippen molar-refractivity contribution in [2.24, 2.45) is 0 Å². The fourth-order valence-corrected chi connectivity index (χ4v) is 3.41. The Morgan fingerprint density at radius 1 is 1.25 bits per heavy atom. The van der Waals surface area contributed by atoms with E-state index in [9.17, 15) is 9.18 Å². The molecule has 0 saturated carbocycles. The molecule has 0 aliphatic carbocycles. The van der Waals surface area contributed by atoms with Gasteiger partial charge in [-0.25, -0.2) is 4.39 Å². The Balaban J connectivity index is 1.64. The summed E-state index contributed by atoms with van der Waals surface area (Å²) in [5.41, 5.74) is 2.12. The van der Waals surface area contributed by atoms with Gasteiger partial charge in [0.15, 0.2) is 5.82 Å². The highest BCUT2D eigenvalue weighted by atomic mass is 79.9. The van der Waals surface area contributed by atoms with E-state index in [0.717, 1.165) is 15.9 Å². The van der Waals surface area contributed by atoms with Crippen molar-refractivity contribution in [3.63, 3.8) is 0 Å². The van der Waals surface area contributed by atoms with Gasteiger partial charge in [0.2, 0.25) is 5.91 Å². The van der Waals surface area contributed by atoms with E-state index < -0.39 is 5.82 Å². The van der Waals surface area contributed by atoms with Gasteiger partial charge in [-0.05, 0) is 41.9 Å². The number of halogens is 4. The Kier molecular flexibility index (Phi) is 6.42. The zero-order valence-corrected chi connectivity index (χ0v) is 18.2. The second-order valence-corrected chi connectivity index (χ2v) is 7.84. The number of benzene rings is 1. The molecule has 28 heavy (non-hydrogen) atoms. The molecule has 3 aromatic rings. The molecular weight excluding hydrogens is 472 g/mol. The van der Waals surface area contributed by atoms with Crippen molar-refractivity contribution in [1.82, 2.24) is 19.6 Å². The lowest BCUT2D eigenvalue weighted by Crippen LogP contribution is -2.16. The Labute approximate surface area is 179 Å². The van der Waals surface area contributed by atoms with Crippen molar-refractivity contribution in [2.75, 3.05) is 5.32 Å². The number of nitrogens with zero attached hydrogens (tertiary/aromatic N) is 4. The van der Waals surface area contributed by atoms with Gasteiger partial charge in [0, 0.05) is 28.9 Å². The molecule has 0 saturated heterocycles. The summed E-state index contributed by atoms with van der Waals surface area (Å²) in [6, 6.07) is 4.46. The van der Waals surface area contributed by atoms with E-state index in [4.69, 9.17) is 23.2 Å². The molecule has 0 aliphatic heterocycles. The fourth-order valence-electron chi connectivity index (χ4n) is 2.70. The number of hydrogen-bond donors (Lipinski definition) is 1. The smallest absolute Gasteiger partial charge is 0.227 e.